The summed E-state index contributed by atoms with van der Waals surface area (Å²) in [7, 11) is -8.40. The minimum absolute atomic E-state index is 0. The second-order valence-electron chi connectivity index (χ2n) is 9.09. The van der Waals surface area contributed by atoms with Crippen molar-refractivity contribution in [3.05, 3.63) is 65.7 Å². The molecule has 4 aromatic rings. The van der Waals surface area contributed by atoms with Crippen molar-refractivity contribution in [1.82, 2.24) is 15.0 Å². The molecule has 0 saturated carbocycles. The predicted octanol–water partition coefficient (Wildman–Crippen LogP) is 3.49. The van der Waals surface area contributed by atoms with Crippen LogP contribution in [0.25, 0.3) is 34.2 Å². The number of halogens is 1. The van der Waals surface area contributed by atoms with Crippen molar-refractivity contribution in [3.63, 3.8) is 0 Å². The van der Waals surface area contributed by atoms with E-state index in [2.05, 4.69) is 15.0 Å². The van der Waals surface area contributed by atoms with Crippen molar-refractivity contribution in [2.45, 2.75) is 12.8 Å². The van der Waals surface area contributed by atoms with Crippen LogP contribution in [0, 0.1) is 0 Å². The van der Waals surface area contributed by atoms with Crippen LogP contribution in [0.4, 0.5) is 0 Å². The van der Waals surface area contributed by atoms with Crippen LogP contribution in [0.15, 0.2) is 60.7 Å². The molecule has 45 heavy (non-hydrogen) atoms. The number of benzene rings is 3. The van der Waals surface area contributed by atoms with Gasteiger partial charge in [0.2, 0.25) is 0 Å². The molecule has 18 heteroatoms. The van der Waals surface area contributed by atoms with Gasteiger partial charge in [0.15, 0.2) is 17.5 Å². The molecule has 13 nitrogen and oxygen atoms in total. The first-order valence-electron chi connectivity index (χ1n) is 12.6. The van der Waals surface area contributed by atoms with Crippen molar-refractivity contribution in [2.24, 2.45) is 0 Å². The first-order chi connectivity index (χ1) is 20.3. The number of hydrogen-bond donors (Lipinski definition) is 4. The third-order valence-electron chi connectivity index (χ3n) is 5.80. The van der Waals surface area contributed by atoms with Gasteiger partial charge in [-0.15, -0.1) is 0 Å². The van der Waals surface area contributed by atoms with E-state index in [4.69, 9.17) is 30.2 Å². The van der Waals surface area contributed by atoms with E-state index in [1.165, 1.54) is 36.4 Å². The van der Waals surface area contributed by atoms with E-state index in [1.54, 1.807) is 24.3 Å². The number of ether oxygens (including phenoxy) is 2. The molecule has 0 aliphatic rings. The molecule has 2 radical (unpaired) electrons. The predicted molar refractivity (Wildman–Crippen MR) is 169 cm³/mol. The van der Waals surface area contributed by atoms with E-state index >= 15 is 0 Å². The van der Waals surface area contributed by atoms with Crippen LogP contribution in [-0.4, -0.2) is 135 Å². The maximum Gasteiger partial charge on any atom is 0.264 e. The molecule has 1 heterocycles. The van der Waals surface area contributed by atoms with Crippen LogP contribution in [-0.2, 0) is 20.2 Å². The topological polar surface area (TPSA) is 206 Å². The Morgan fingerprint density at radius 1 is 0.622 bits per heavy atom. The Labute approximate surface area is 309 Å². The van der Waals surface area contributed by atoms with Gasteiger partial charge in [-0.1, -0.05) is 23.7 Å². The van der Waals surface area contributed by atoms with Gasteiger partial charge in [0.1, 0.15) is 34.1 Å². The molecule has 0 atom stereocenters. The molecule has 3 aromatic carbocycles. The number of rotatable bonds is 13. The van der Waals surface area contributed by atoms with Crippen molar-refractivity contribution < 1.29 is 45.6 Å². The van der Waals surface area contributed by atoms with E-state index in [0.29, 0.717) is 10.6 Å². The third kappa shape index (κ3) is 11.6. The van der Waals surface area contributed by atoms with Crippen molar-refractivity contribution in [2.75, 3.05) is 24.7 Å². The van der Waals surface area contributed by atoms with Crippen LogP contribution in [0.3, 0.4) is 0 Å². The molecule has 0 fully saturated rings. The van der Waals surface area contributed by atoms with Gasteiger partial charge in [-0.05, 0) is 61.4 Å². The number of phenolic OH excluding ortho intramolecular Hbond substituents is 2. The summed E-state index contributed by atoms with van der Waals surface area (Å²) in [4.78, 5) is 13.5. The Morgan fingerprint density at radius 3 is 1.42 bits per heavy atom. The molecule has 0 spiro atoms. The summed E-state index contributed by atoms with van der Waals surface area (Å²) in [6, 6.07) is 15.3. The van der Waals surface area contributed by atoms with Crippen LogP contribution in [0.5, 0.6) is 23.0 Å². The second kappa shape index (κ2) is 17.2. The first-order valence-corrected chi connectivity index (χ1v) is 16.2. The van der Waals surface area contributed by atoms with Crippen molar-refractivity contribution in [1.29, 1.82) is 0 Å². The number of aromatic nitrogens is 3. The van der Waals surface area contributed by atoms with E-state index in [1.807, 2.05) is 0 Å². The summed E-state index contributed by atoms with van der Waals surface area (Å²) in [6.07, 6.45) is -0.0782. The zero-order chi connectivity index (χ0) is 31.2. The Hall–Kier alpha value is -2.02. The summed E-state index contributed by atoms with van der Waals surface area (Å²) in [5.74, 6) is -1.41. The average molecular weight is 698 g/mol. The van der Waals surface area contributed by atoms with Crippen LogP contribution >= 0.6 is 11.6 Å². The largest absolute Gasteiger partial charge is 0.507 e. The van der Waals surface area contributed by atoms with E-state index in [0.717, 1.165) is 0 Å². The molecule has 230 valence electrons. The molecular formula is C27H26ClN3Na2O10S2. The Morgan fingerprint density at radius 2 is 1.02 bits per heavy atom. The maximum atomic E-state index is 11.1. The average Bonchev–Trinajstić information content (AvgIpc) is 2.92. The first kappa shape index (κ1) is 39.2. The standard InChI is InChI=1S/C27H26ClN3O10S2.2Na/c28-18-11-9-17(10-12-18)25-29-26(23-19(32)5-1-7-21(23)40-13-3-15-42(34,35)36)31-27(30-25)24-20(33)6-2-8-22(24)41-14-4-16-43(37,38)39;;/h1-2,5-12,32-33H,3-4,13-16H2,(H,34,35,36)(H,37,38,39);;. The van der Waals surface area contributed by atoms with E-state index < -0.39 is 31.7 Å². The molecule has 4 rings (SSSR count). The molecule has 1 aromatic heterocycles. The SMILES string of the molecule is O=S(=O)(O)CCCOc1cccc(O)c1-c1nc(-c2ccc(Cl)cc2)nc(-c2c(O)cccc2OCCCS(=O)(=O)O)n1.[Na].[Na]. The summed E-state index contributed by atoms with van der Waals surface area (Å²) in [5.41, 5.74) is 0.588. The molecule has 0 unspecified atom stereocenters. The summed E-state index contributed by atoms with van der Waals surface area (Å²) < 4.78 is 73.8. The molecule has 0 amide bonds. The molecule has 0 aliphatic heterocycles. The van der Waals surface area contributed by atoms with Gasteiger partial charge >= 0.3 is 0 Å². The molecule has 4 N–H and O–H groups in total. The Kier molecular flexibility index (Phi) is 15.0. The zero-order valence-corrected chi connectivity index (χ0v) is 30.7. The number of aromatic hydroxyl groups is 2. The van der Waals surface area contributed by atoms with Gasteiger partial charge in [-0.25, -0.2) is 15.0 Å². The monoisotopic (exact) mass is 697 g/mol. The van der Waals surface area contributed by atoms with Gasteiger partial charge in [0.05, 0.1) is 24.7 Å². The second-order valence-corrected chi connectivity index (χ2v) is 12.7. The van der Waals surface area contributed by atoms with E-state index in [-0.39, 0.29) is 137 Å². The molecule has 0 aliphatic carbocycles. The number of hydrogen-bond acceptors (Lipinski definition) is 11. The number of nitrogens with zero attached hydrogens (tertiary/aromatic N) is 3. The smallest absolute Gasteiger partial charge is 0.264 e. The van der Waals surface area contributed by atoms with Gasteiger partial charge < -0.3 is 19.7 Å². The van der Waals surface area contributed by atoms with Gasteiger partial charge in [0.25, 0.3) is 20.2 Å². The van der Waals surface area contributed by atoms with Gasteiger partial charge in [0, 0.05) is 69.7 Å². The minimum Gasteiger partial charge on any atom is -0.507 e. The fraction of sp³-hybridized carbons (Fsp3) is 0.222. The maximum absolute atomic E-state index is 11.1. The fourth-order valence-electron chi connectivity index (χ4n) is 3.90. The van der Waals surface area contributed by atoms with Gasteiger partial charge in [-0.2, -0.15) is 16.8 Å². The van der Waals surface area contributed by atoms with Crippen molar-refractivity contribution in [3.8, 4) is 57.2 Å². The van der Waals surface area contributed by atoms with Crippen molar-refractivity contribution >= 4 is 91.0 Å². The van der Waals surface area contributed by atoms with Crippen LogP contribution < -0.4 is 9.47 Å². The zero-order valence-electron chi connectivity index (χ0n) is 24.3. The summed E-state index contributed by atoms with van der Waals surface area (Å²) in [5, 5.41) is 22.1. The van der Waals surface area contributed by atoms with E-state index in [9.17, 15) is 27.0 Å². The third-order valence-corrected chi connectivity index (χ3v) is 7.66. The normalized spacial score (nSPS) is 11.3. The van der Waals surface area contributed by atoms with Crippen LogP contribution in [0.2, 0.25) is 5.02 Å². The number of phenols is 2. The Balaban J connectivity index is 0.00000353. The Bertz CT molecular complexity index is 1720. The molecule has 0 saturated heterocycles. The fourth-order valence-corrected chi connectivity index (χ4v) is 4.99. The summed E-state index contributed by atoms with van der Waals surface area (Å²) in [6.45, 7) is -0.251. The summed E-state index contributed by atoms with van der Waals surface area (Å²) >= 11 is 6.05. The minimum atomic E-state index is -4.20. The van der Waals surface area contributed by atoms with Crippen LogP contribution in [0.1, 0.15) is 12.8 Å². The molecular weight excluding hydrogens is 672 g/mol. The quantitative estimate of drug-likeness (QED) is 0.0898. The van der Waals surface area contributed by atoms with Gasteiger partial charge in [-0.3, -0.25) is 9.11 Å². The molecule has 0 bridgehead atoms.